The molecule has 5 atom stereocenters. The average molecular weight is 387 g/mol. The third kappa shape index (κ3) is 1.72. The van der Waals surface area contributed by atoms with Gasteiger partial charge in [-0.25, -0.2) is 0 Å². The summed E-state index contributed by atoms with van der Waals surface area (Å²) in [5.74, 6) is 1.74. The van der Waals surface area contributed by atoms with E-state index in [2.05, 4.69) is 19.9 Å². The minimum Gasteiger partial charge on any atom is -0.659 e. The van der Waals surface area contributed by atoms with Crippen LogP contribution in [0.2, 0.25) is 0 Å². The van der Waals surface area contributed by atoms with E-state index in [0.29, 0.717) is 17.7 Å². The summed E-state index contributed by atoms with van der Waals surface area (Å²) >= 11 is 0. The Morgan fingerprint density at radius 1 is 1.35 bits per heavy atom. The van der Waals surface area contributed by atoms with Gasteiger partial charge in [0.15, 0.2) is 11.5 Å². The smallest absolute Gasteiger partial charge is 0.165 e. The van der Waals surface area contributed by atoms with E-state index in [1.807, 2.05) is 6.07 Å². The topological polar surface area (TPSA) is 43.6 Å². The van der Waals surface area contributed by atoms with Gasteiger partial charge in [-0.3, -0.25) is 0 Å². The van der Waals surface area contributed by atoms with Crippen molar-refractivity contribution in [3.8, 4) is 11.5 Å². The van der Waals surface area contributed by atoms with E-state index in [9.17, 15) is 5.11 Å². The standard InChI is InChI=1S/C19H24NO2.Y/c1-3-11-6-7-18(2)14-10-12-4-5-13(21)16-15(12)19(18,8-9-20-14)17(11)22-16;/h4-5,11,14,17,21H,3,6-10H2,1-2H3;/q-1;. The first-order valence-electron chi connectivity index (χ1n) is 8.80. The van der Waals surface area contributed by atoms with Crippen LogP contribution in [0.25, 0.3) is 5.32 Å². The largest absolute Gasteiger partial charge is 0.659 e. The second kappa shape index (κ2) is 5.19. The number of benzene rings is 1. The van der Waals surface area contributed by atoms with Gasteiger partial charge in [-0.1, -0.05) is 26.3 Å². The van der Waals surface area contributed by atoms with Gasteiger partial charge in [-0.15, -0.1) is 12.6 Å². The quantitative estimate of drug-likeness (QED) is 0.794. The van der Waals surface area contributed by atoms with Gasteiger partial charge >= 0.3 is 0 Å². The number of phenolic OH excluding ortho intramolecular Hbond substituents is 1. The normalized spacial score (nSPS) is 42.4. The molecule has 2 heterocycles. The Balaban J connectivity index is 0.00000135. The summed E-state index contributed by atoms with van der Waals surface area (Å²) in [6.07, 6.45) is 5.98. The van der Waals surface area contributed by atoms with Crippen molar-refractivity contribution < 1.29 is 42.6 Å². The molecule has 1 aromatic rings. The molecule has 3 nitrogen and oxygen atoms in total. The maximum absolute atomic E-state index is 10.4. The SMILES string of the molecule is CCC1CCC2(C)C3Cc4ccc(O)c5c4C2(CC[N-]3)C1O5.[Y]. The van der Waals surface area contributed by atoms with Gasteiger partial charge in [0.1, 0.15) is 6.10 Å². The minimum absolute atomic E-state index is 0. The maximum Gasteiger partial charge on any atom is 0.165 e. The third-order valence-electron chi connectivity index (χ3n) is 7.41. The molecule has 1 saturated heterocycles. The molecule has 0 aromatic heterocycles. The zero-order valence-electron chi connectivity index (χ0n) is 14.0. The summed E-state index contributed by atoms with van der Waals surface area (Å²) in [6.45, 7) is 5.68. The van der Waals surface area contributed by atoms with E-state index in [-0.39, 0.29) is 49.6 Å². The molecular weight excluding hydrogens is 363 g/mol. The zero-order chi connectivity index (χ0) is 15.1. The molecule has 2 aliphatic heterocycles. The number of ether oxygens (including phenoxy) is 1. The molecule has 4 aliphatic rings. The van der Waals surface area contributed by atoms with Crippen LogP contribution < -0.4 is 4.74 Å². The first kappa shape index (κ1) is 16.4. The van der Waals surface area contributed by atoms with E-state index in [1.54, 1.807) is 0 Å². The molecule has 5 unspecified atom stereocenters. The van der Waals surface area contributed by atoms with E-state index >= 15 is 0 Å². The summed E-state index contributed by atoms with van der Waals surface area (Å²) < 4.78 is 6.49. The zero-order valence-corrected chi connectivity index (χ0v) is 16.8. The molecule has 23 heavy (non-hydrogen) atoms. The monoisotopic (exact) mass is 387 g/mol. The van der Waals surface area contributed by atoms with Gasteiger partial charge in [0, 0.05) is 43.7 Å². The van der Waals surface area contributed by atoms with Gasteiger partial charge in [-0.2, -0.15) is 0 Å². The Morgan fingerprint density at radius 2 is 2.17 bits per heavy atom. The van der Waals surface area contributed by atoms with E-state index < -0.39 is 0 Å². The fraction of sp³-hybridized carbons (Fsp3) is 0.684. The van der Waals surface area contributed by atoms with Crippen molar-refractivity contribution in [2.75, 3.05) is 6.54 Å². The third-order valence-corrected chi connectivity index (χ3v) is 7.41. The number of nitrogens with zero attached hydrogens (tertiary/aromatic N) is 1. The van der Waals surface area contributed by atoms with Crippen LogP contribution in [0.1, 0.15) is 50.7 Å². The first-order valence-corrected chi connectivity index (χ1v) is 8.80. The van der Waals surface area contributed by atoms with Gasteiger partial charge in [0.2, 0.25) is 0 Å². The van der Waals surface area contributed by atoms with Gasteiger partial charge in [-0.05, 0) is 48.6 Å². The van der Waals surface area contributed by atoms with Crippen LogP contribution in [0.15, 0.2) is 12.1 Å². The number of aromatic hydroxyl groups is 1. The van der Waals surface area contributed by atoms with Crippen LogP contribution in [0.4, 0.5) is 0 Å². The molecule has 1 radical (unpaired) electrons. The molecule has 0 amide bonds. The van der Waals surface area contributed by atoms with Crippen LogP contribution in [-0.2, 0) is 44.5 Å². The van der Waals surface area contributed by atoms with Crippen molar-refractivity contribution in [3.63, 3.8) is 0 Å². The predicted molar refractivity (Wildman–Crippen MR) is 85.7 cm³/mol. The van der Waals surface area contributed by atoms with Gasteiger partial charge in [0.05, 0.1) is 0 Å². The first-order chi connectivity index (χ1) is 10.6. The molecule has 2 fully saturated rings. The van der Waals surface area contributed by atoms with Crippen LogP contribution in [0.3, 0.4) is 0 Å². The van der Waals surface area contributed by atoms with Crippen LogP contribution in [0, 0.1) is 11.3 Å². The number of hydrogen-bond acceptors (Lipinski definition) is 2. The Morgan fingerprint density at radius 3 is 2.96 bits per heavy atom. The maximum atomic E-state index is 10.4. The molecule has 5 rings (SSSR count). The predicted octanol–water partition coefficient (Wildman–Crippen LogP) is 3.92. The van der Waals surface area contributed by atoms with E-state index in [0.717, 1.165) is 31.6 Å². The second-order valence-corrected chi connectivity index (χ2v) is 7.96. The van der Waals surface area contributed by atoms with Crippen molar-refractivity contribution in [1.29, 1.82) is 0 Å². The molecule has 4 heteroatoms. The average Bonchev–Trinajstić information content (AvgIpc) is 2.84. The van der Waals surface area contributed by atoms with E-state index in [4.69, 9.17) is 10.1 Å². The molecule has 1 spiro atoms. The van der Waals surface area contributed by atoms with Crippen molar-refractivity contribution >= 4 is 0 Å². The molecule has 1 saturated carbocycles. The molecule has 2 aliphatic carbocycles. The Labute approximate surface area is 163 Å². The fourth-order valence-electron chi connectivity index (χ4n) is 6.26. The minimum atomic E-state index is 0. The molecule has 2 bridgehead atoms. The number of hydrogen-bond donors (Lipinski definition) is 1. The number of rotatable bonds is 1. The summed E-state index contributed by atoms with van der Waals surface area (Å²) in [5, 5.41) is 15.4. The Kier molecular flexibility index (Phi) is 3.69. The van der Waals surface area contributed by atoms with Crippen molar-refractivity contribution in [2.24, 2.45) is 11.3 Å². The fourth-order valence-corrected chi connectivity index (χ4v) is 6.26. The molecule has 1 aromatic carbocycles. The molecular formula is C19H24NO2Y-. The molecule has 1 N–H and O–H groups in total. The van der Waals surface area contributed by atoms with Gasteiger partial charge in [0.25, 0.3) is 0 Å². The van der Waals surface area contributed by atoms with E-state index in [1.165, 1.54) is 24.0 Å². The number of piperidine rings is 1. The second-order valence-electron chi connectivity index (χ2n) is 7.96. The number of phenols is 1. The summed E-state index contributed by atoms with van der Waals surface area (Å²) in [7, 11) is 0. The van der Waals surface area contributed by atoms with Crippen LogP contribution in [0.5, 0.6) is 11.5 Å². The molecule has 121 valence electrons. The van der Waals surface area contributed by atoms with Crippen molar-refractivity contribution in [3.05, 3.63) is 28.6 Å². The van der Waals surface area contributed by atoms with Crippen LogP contribution in [-0.4, -0.2) is 23.8 Å². The summed E-state index contributed by atoms with van der Waals surface area (Å²) in [4.78, 5) is 0. The van der Waals surface area contributed by atoms with Gasteiger partial charge < -0.3 is 15.2 Å². The summed E-state index contributed by atoms with van der Waals surface area (Å²) in [6, 6.07) is 4.36. The van der Waals surface area contributed by atoms with Crippen molar-refractivity contribution in [1.82, 2.24) is 0 Å². The van der Waals surface area contributed by atoms with Crippen LogP contribution >= 0.6 is 0 Å². The Bertz CT molecular complexity index is 663. The van der Waals surface area contributed by atoms with Crippen molar-refractivity contribution in [2.45, 2.75) is 63.5 Å². The summed E-state index contributed by atoms with van der Waals surface area (Å²) in [5.41, 5.74) is 3.01. The Hall–Kier alpha value is -0.116.